The summed E-state index contributed by atoms with van der Waals surface area (Å²) in [5.74, 6) is -9.93. The van der Waals surface area contributed by atoms with Crippen molar-refractivity contribution in [3.05, 3.63) is 119 Å². The fourth-order valence-electron chi connectivity index (χ4n) is 6.21. The van der Waals surface area contributed by atoms with Gasteiger partial charge in [0.25, 0.3) is 0 Å². The van der Waals surface area contributed by atoms with Gasteiger partial charge in [-0.05, 0) is 98.2 Å². The van der Waals surface area contributed by atoms with Crippen LogP contribution in [0.1, 0.15) is 62.5 Å². The van der Waals surface area contributed by atoms with E-state index in [0.29, 0.717) is 18.1 Å². The van der Waals surface area contributed by atoms with Crippen molar-refractivity contribution in [1.82, 2.24) is 0 Å². The van der Waals surface area contributed by atoms with E-state index in [2.05, 4.69) is 15.5 Å². The topological polar surface area (TPSA) is 18.5 Å². The van der Waals surface area contributed by atoms with E-state index in [1.165, 1.54) is 12.1 Å². The summed E-state index contributed by atoms with van der Waals surface area (Å²) in [6.07, 6.45) is 5.64. The maximum Gasteiger partial charge on any atom is 0.432 e. The van der Waals surface area contributed by atoms with Crippen molar-refractivity contribution >= 4 is 0 Å². The van der Waals surface area contributed by atoms with Gasteiger partial charge in [-0.15, -0.1) is 0 Å². The van der Waals surface area contributed by atoms with Gasteiger partial charge >= 0.3 is 6.11 Å². The van der Waals surface area contributed by atoms with Crippen LogP contribution in [-0.4, -0.2) is 6.86 Å². The molecular formula is C37H31F9O2. The van der Waals surface area contributed by atoms with Crippen molar-refractivity contribution in [2.24, 2.45) is 5.92 Å². The quantitative estimate of drug-likeness (QED) is 0.116. The molecular weight excluding hydrogens is 647 g/mol. The first kappa shape index (κ1) is 34.9. The minimum absolute atomic E-state index is 0.117. The molecule has 0 bridgehead atoms. The lowest BCUT2D eigenvalue weighted by Gasteiger charge is -2.28. The molecule has 254 valence electrons. The Balaban J connectivity index is 1.32. The van der Waals surface area contributed by atoms with Gasteiger partial charge in [0.05, 0.1) is 0 Å². The number of halogens is 9. The molecule has 48 heavy (non-hydrogen) atoms. The van der Waals surface area contributed by atoms with Crippen LogP contribution < -0.4 is 9.47 Å². The molecule has 0 N–H and O–H groups in total. The van der Waals surface area contributed by atoms with E-state index >= 15 is 8.78 Å². The zero-order valence-corrected chi connectivity index (χ0v) is 25.8. The van der Waals surface area contributed by atoms with Gasteiger partial charge in [-0.1, -0.05) is 36.4 Å². The third-order valence-corrected chi connectivity index (χ3v) is 8.63. The Labute approximate surface area is 271 Å². The predicted molar refractivity (Wildman–Crippen MR) is 163 cm³/mol. The van der Waals surface area contributed by atoms with Gasteiger partial charge in [-0.25, -0.2) is 30.7 Å². The molecule has 0 amide bonds. The molecule has 1 aliphatic carbocycles. The van der Waals surface area contributed by atoms with Gasteiger partial charge in [0.15, 0.2) is 17.4 Å². The highest BCUT2D eigenvalue weighted by atomic mass is 19.3. The number of benzene rings is 4. The van der Waals surface area contributed by atoms with E-state index in [0.717, 1.165) is 56.2 Å². The van der Waals surface area contributed by atoms with Gasteiger partial charge in [0.1, 0.15) is 34.6 Å². The van der Waals surface area contributed by atoms with Crippen molar-refractivity contribution in [1.29, 1.82) is 0 Å². The molecule has 0 atom stereocenters. The lowest BCUT2D eigenvalue weighted by atomic mass is 9.77. The summed E-state index contributed by atoms with van der Waals surface area (Å²) in [7, 11) is 0. The average molecular weight is 679 g/mol. The number of hydrogen-bond acceptors (Lipinski definition) is 2. The Morgan fingerprint density at radius 2 is 1.29 bits per heavy atom. The Hall–Kier alpha value is -4.41. The lowest BCUT2D eigenvalue weighted by Crippen LogP contribution is -2.25. The molecule has 0 aromatic heterocycles. The van der Waals surface area contributed by atoms with Crippen molar-refractivity contribution in [2.45, 2.75) is 57.5 Å². The van der Waals surface area contributed by atoms with E-state index < -0.39 is 70.5 Å². The molecule has 2 nitrogen and oxygen atoms in total. The fourth-order valence-corrected chi connectivity index (χ4v) is 6.21. The van der Waals surface area contributed by atoms with Crippen LogP contribution in [0.4, 0.5) is 39.5 Å². The van der Waals surface area contributed by atoms with Crippen molar-refractivity contribution in [3.63, 3.8) is 0 Å². The van der Waals surface area contributed by atoms with Crippen LogP contribution in [0.15, 0.2) is 72.8 Å². The highest BCUT2D eigenvalue weighted by Crippen LogP contribution is 2.41. The number of allylic oxidation sites excluding steroid dienone is 2. The number of rotatable bonds is 11. The number of ether oxygens (including phenoxy) is 2. The molecule has 4 aromatic rings. The Morgan fingerprint density at radius 3 is 1.88 bits per heavy atom. The van der Waals surface area contributed by atoms with Gasteiger partial charge in [0, 0.05) is 23.3 Å². The van der Waals surface area contributed by atoms with Crippen molar-refractivity contribution < 1.29 is 49.0 Å². The summed E-state index contributed by atoms with van der Waals surface area (Å²) in [5, 5.41) is 0. The summed E-state index contributed by atoms with van der Waals surface area (Å²) >= 11 is 0. The van der Waals surface area contributed by atoms with E-state index in [9.17, 15) is 30.7 Å². The first-order valence-corrected chi connectivity index (χ1v) is 15.4. The van der Waals surface area contributed by atoms with E-state index in [1.807, 2.05) is 19.1 Å². The summed E-state index contributed by atoms with van der Waals surface area (Å²) in [4.78, 5) is 0. The normalized spacial score (nSPS) is 16.8. The van der Waals surface area contributed by atoms with Crippen LogP contribution in [0.2, 0.25) is 0 Å². The van der Waals surface area contributed by atoms with Gasteiger partial charge in [-0.3, -0.25) is 0 Å². The third-order valence-electron chi connectivity index (χ3n) is 8.63. The Kier molecular flexibility index (Phi) is 10.8. The molecule has 0 aliphatic heterocycles. The van der Waals surface area contributed by atoms with Crippen LogP contribution in [0.25, 0.3) is 22.3 Å². The minimum atomic E-state index is -4.79. The lowest BCUT2D eigenvalue weighted by molar-refractivity contribution is -0.189. The zero-order chi connectivity index (χ0) is 34.6. The molecule has 0 radical (unpaired) electrons. The molecule has 1 fully saturated rings. The maximum absolute atomic E-state index is 15.3. The first-order chi connectivity index (χ1) is 22.9. The number of alkyl halides is 3. The average Bonchev–Trinajstić information content (AvgIpc) is 3.02. The van der Waals surface area contributed by atoms with E-state index in [1.54, 1.807) is 6.07 Å². The SMILES string of the molecule is C/C=C/CCC1CCC(c2ccc(-c3ccc(-c4cc(F)c(C(F)(F)Oc5cc(F)c(OCF)c(F)c5)c(F)c4)c(F)c3)c(F)c2)CC1. The second-order valence-corrected chi connectivity index (χ2v) is 11.7. The Morgan fingerprint density at radius 1 is 0.708 bits per heavy atom. The molecule has 0 heterocycles. The maximum atomic E-state index is 15.3. The van der Waals surface area contributed by atoms with E-state index in [4.69, 9.17) is 0 Å². The van der Waals surface area contributed by atoms with Crippen LogP contribution in [0.5, 0.6) is 11.5 Å². The van der Waals surface area contributed by atoms with Crippen LogP contribution in [-0.2, 0) is 6.11 Å². The minimum Gasteiger partial charge on any atom is -0.457 e. The van der Waals surface area contributed by atoms with Crippen LogP contribution in [0, 0.1) is 40.8 Å². The highest BCUT2D eigenvalue weighted by molar-refractivity contribution is 5.72. The summed E-state index contributed by atoms with van der Waals surface area (Å²) < 4.78 is 139. The van der Waals surface area contributed by atoms with Gasteiger partial charge < -0.3 is 9.47 Å². The molecule has 0 spiro atoms. The summed E-state index contributed by atoms with van der Waals surface area (Å²) in [6, 6.07) is 9.61. The highest BCUT2D eigenvalue weighted by Gasteiger charge is 2.42. The smallest absolute Gasteiger partial charge is 0.432 e. The monoisotopic (exact) mass is 678 g/mol. The zero-order valence-electron chi connectivity index (χ0n) is 25.8. The summed E-state index contributed by atoms with van der Waals surface area (Å²) in [6.45, 7) is 0.387. The Bertz CT molecular complexity index is 1750. The fraction of sp³-hybridized carbons (Fsp3) is 0.297. The molecule has 1 aliphatic rings. The van der Waals surface area contributed by atoms with Crippen molar-refractivity contribution in [3.8, 4) is 33.8 Å². The molecule has 0 saturated heterocycles. The molecule has 1 saturated carbocycles. The molecule has 11 heteroatoms. The first-order valence-electron chi connectivity index (χ1n) is 15.4. The van der Waals surface area contributed by atoms with E-state index in [-0.39, 0.29) is 34.7 Å². The second-order valence-electron chi connectivity index (χ2n) is 11.7. The standard InChI is InChI=1S/C37H31F9O2/c1-2-3-4-5-21-6-8-22(9-7-21)23-10-12-27(29(39)14-23)24-11-13-28(30(40)15-24)25-16-31(41)35(32(42)17-25)37(45,46)48-26-18-33(43)36(47-20-38)34(44)19-26/h2-3,10-19,21-22H,4-9,20H2,1H3/b3-2+. The third kappa shape index (κ3) is 7.66. The number of hydrogen-bond donors (Lipinski definition) is 0. The van der Waals surface area contributed by atoms with Crippen molar-refractivity contribution in [2.75, 3.05) is 6.86 Å². The molecule has 0 unspecified atom stereocenters. The van der Waals surface area contributed by atoms with Gasteiger partial charge in [0.2, 0.25) is 6.86 Å². The van der Waals surface area contributed by atoms with Crippen LogP contribution >= 0.6 is 0 Å². The largest absolute Gasteiger partial charge is 0.457 e. The molecule has 4 aromatic carbocycles. The second kappa shape index (κ2) is 14.8. The summed E-state index contributed by atoms with van der Waals surface area (Å²) in [5.41, 5.74) is -1.57. The predicted octanol–water partition coefficient (Wildman–Crippen LogP) is 11.9. The molecule has 5 rings (SSSR count). The van der Waals surface area contributed by atoms with Gasteiger partial charge in [-0.2, -0.15) is 8.78 Å². The van der Waals surface area contributed by atoms with Crippen LogP contribution in [0.3, 0.4) is 0 Å².